The molecule has 5 heteroatoms. The van der Waals surface area contributed by atoms with Crippen LogP contribution in [0.25, 0.3) is 11.0 Å². The van der Waals surface area contributed by atoms with Crippen molar-refractivity contribution in [2.75, 3.05) is 28.4 Å². The molecule has 1 aromatic heterocycles. The van der Waals surface area contributed by atoms with E-state index in [1.54, 1.807) is 33.7 Å². The van der Waals surface area contributed by atoms with Gasteiger partial charge in [0.25, 0.3) is 0 Å². The number of benzene rings is 1. The van der Waals surface area contributed by atoms with Gasteiger partial charge in [-0.25, -0.2) is 0 Å². The molecule has 1 aromatic carbocycles. The highest BCUT2D eigenvalue weighted by Crippen LogP contribution is 2.50. The molecule has 1 heterocycles. The highest BCUT2D eigenvalue weighted by atomic mass is 16.5. The topological polar surface area (TPSA) is 50.1 Å². The van der Waals surface area contributed by atoms with Gasteiger partial charge in [-0.15, -0.1) is 0 Å². The zero-order valence-electron chi connectivity index (χ0n) is 10.2. The van der Waals surface area contributed by atoms with E-state index in [1.165, 1.54) is 7.11 Å². The summed E-state index contributed by atoms with van der Waals surface area (Å²) >= 11 is 0. The van der Waals surface area contributed by atoms with Gasteiger partial charge in [0, 0.05) is 0 Å². The first-order valence-corrected chi connectivity index (χ1v) is 5.01. The molecule has 0 saturated carbocycles. The van der Waals surface area contributed by atoms with Crippen molar-refractivity contribution >= 4 is 11.0 Å². The van der Waals surface area contributed by atoms with Gasteiger partial charge in [0.15, 0.2) is 11.3 Å². The van der Waals surface area contributed by atoms with Gasteiger partial charge in [-0.3, -0.25) is 0 Å². The predicted molar refractivity (Wildman–Crippen MR) is 62.4 cm³/mol. The second kappa shape index (κ2) is 4.45. The number of fused-ring (bicyclic) bond motifs is 1. The molecule has 0 aliphatic rings. The number of methoxy groups -OCH3 is 4. The van der Waals surface area contributed by atoms with E-state index in [4.69, 9.17) is 23.4 Å². The minimum atomic E-state index is 0.453. The summed E-state index contributed by atoms with van der Waals surface area (Å²) < 4.78 is 26.6. The van der Waals surface area contributed by atoms with E-state index in [-0.39, 0.29) is 0 Å². The molecule has 0 fully saturated rings. The van der Waals surface area contributed by atoms with E-state index in [1.807, 2.05) is 0 Å². The Kier molecular flexibility index (Phi) is 2.99. The Morgan fingerprint density at radius 1 is 0.765 bits per heavy atom. The summed E-state index contributed by atoms with van der Waals surface area (Å²) in [7, 11) is 6.20. The molecule has 2 aromatic rings. The third-order valence-corrected chi connectivity index (χ3v) is 2.55. The van der Waals surface area contributed by atoms with E-state index in [9.17, 15) is 0 Å². The molecule has 0 spiro atoms. The van der Waals surface area contributed by atoms with Crippen molar-refractivity contribution in [3.63, 3.8) is 0 Å². The predicted octanol–water partition coefficient (Wildman–Crippen LogP) is 2.47. The molecular weight excluding hydrogens is 224 g/mol. The molecule has 5 nitrogen and oxygen atoms in total. The Morgan fingerprint density at radius 2 is 1.29 bits per heavy atom. The van der Waals surface area contributed by atoms with E-state index in [0.717, 1.165) is 5.39 Å². The van der Waals surface area contributed by atoms with Crippen LogP contribution in [0.4, 0.5) is 0 Å². The van der Waals surface area contributed by atoms with Crippen LogP contribution in [0.1, 0.15) is 0 Å². The molecule has 0 aliphatic carbocycles. The van der Waals surface area contributed by atoms with E-state index >= 15 is 0 Å². The zero-order chi connectivity index (χ0) is 12.4. The first-order valence-electron chi connectivity index (χ1n) is 5.01. The Labute approximate surface area is 98.8 Å². The number of hydrogen-bond acceptors (Lipinski definition) is 5. The number of hydrogen-bond donors (Lipinski definition) is 0. The zero-order valence-corrected chi connectivity index (χ0v) is 10.2. The summed E-state index contributed by atoms with van der Waals surface area (Å²) in [5.41, 5.74) is 0.571. The third-order valence-electron chi connectivity index (χ3n) is 2.55. The van der Waals surface area contributed by atoms with Gasteiger partial charge < -0.3 is 23.4 Å². The Hall–Kier alpha value is -2.04. The van der Waals surface area contributed by atoms with E-state index in [0.29, 0.717) is 28.6 Å². The summed E-state index contributed by atoms with van der Waals surface area (Å²) in [6.45, 7) is 0. The van der Waals surface area contributed by atoms with Crippen molar-refractivity contribution in [3.05, 3.63) is 12.3 Å². The summed E-state index contributed by atoms with van der Waals surface area (Å²) in [4.78, 5) is 0. The second-order valence-electron chi connectivity index (χ2n) is 3.30. The van der Waals surface area contributed by atoms with Gasteiger partial charge in [-0.2, -0.15) is 0 Å². The lowest BCUT2D eigenvalue weighted by atomic mass is 10.2. The van der Waals surface area contributed by atoms with Crippen LogP contribution in [0.3, 0.4) is 0 Å². The number of ether oxygens (including phenoxy) is 4. The molecule has 92 valence electrons. The highest BCUT2D eigenvalue weighted by molar-refractivity contribution is 5.95. The fraction of sp³-hybridized carbons (Fsp3) is 0.333. The van der Waals surface area contributed by atoms with Crippen LogP contribution >= 0.6 is 0 Å². The first-order chi connectivity index (χ1) is 8.28. The monoisotopic (exact) mass is 238 g/mol. The van der Waals surface area contributed by atoms with Crippen LogP contribution in [0.2, 0.25) is 0 Å². The maximum atomic E-state index is 5.38. The van der Waals surface area contributed by atoms with E-state index in [2.05, 4.69) is 0 Å². The van der Waals surface area contributed by atoms with Crippen molar-refractivity contribution in [1.82, 2.24) is 0 Å². The van der Waals surface area contributed by atoms with Crippen LogP contribution < -0.4 is 18.9 Å². The number of rotatable bonds is 4. The standard InChI is InChI=1S/C12H14O5/c1-13-8-7-5-6-17-9(7)11(15-3)12(16-4)10(8)14-2/h5-6H,1-4H3. The molecule has 17 heavy (non-hydrogen) atoms. The Morgan fingerprint density at radius 3 is 1.82 bits per heavy atom. The molecule has 0 radical (unpaired) electrons. The van der Waals surface area contributed by atoms with Crippen LogP contribution in [-0.4, -0.2) is 28.4 Å². The second-order valence-corrected chi connectivity index (χ2v) is 3.30. The van der Waals surface area contributed by atoms with Crippen LogP contribution in [0.5, 0.6) is 23.0 Å². The van der Waals surface area contributed by atoms with Crippen molar-refractivity contribution in [3.8, 4) is 23.0 Å². The fourth-order valence-corrected chi connectivity index (χ4v) is 1.85. The van der Waals surface area contributed by atoms with Crippen molar-refractivity contribution in [1.29, 1.82) is 0 Å². The lowest BCUT2D eigenvalue weighted by Crippen LogP contribution is -1.98. The smallest absolute Gasteiger partial charge is 0.211 e. The van der Waals surface area contributed by atoms with Gasteiger partial charge in [-0.05, 0) is 6.07 Å². The van der Waals surface area contributed by atoms with Crippen LogP contribution in [0.15, 0.2) is 16.7 Å². The van der Waals surface area contributed by atoms with Gasteiger partial charge in [0.1, 0.15) is 0 Å². The maximum Gasteiger partial charge on any atom is 0.211 e. The van der Waals surface area contributed by atoms with Crippen molar-refractivity contribution in [2.24, 2.45) is 0 Å². The lowest BCUT2D eigenvalue weighted by Gasteiger charge is -2.15. The molecule has 2 rings (SSSR count). The fourth-order valence-electron chi connectivity index (χ4n) is 1.85. The summed E-state index contributed by atoms with van der Waals surface area (Å²) in [6.07, 6.45) is 1.56. The van der Waals surface area contributed by atoms with Crippen molar-refractivity contribution in [2.45, 2.75) is 0 Å². The van der Waals surface area contributed by atoms with Gasteiger partial charge in [0.05, 0.1) is 40.1 Å². The summed E-state index contributed by atoms with van der Waals surface area (Å²) in [5, 5.41) is 0.780. The van der Waals surface area contributed by atoms with Gasteiger partial charge >= 0.3 is 0 Å². The van der Waals surface area contributed by atoms with E-state index < -0.39 is 0 Å². The molecule has 0 N–H and O–H groups in total. The highest BCUT2D eigenvalue weighted by Gasteiger charge is 2.24. The summed E-state index contributed by atoms with van der Waals surface area (Å²) in [5.74, 6) is 1.99. The first kappa shape index (κ1) is 11.4. The normalized spacial score (nSPS) is 10.4. The maximum absolute atomic E-state index is 5.38. The van der Waals surface area contributed by atoms with Gasteiger partial charge in [0.2, 0.25) is 17.2 Å². The average Bonchev–Trinajstić information content (AvgIpc) is 2.84. The van der Waals surface area contributed by atoms with Crippen molar-refractivity contribution < 1.29 is 23.4 Å². The average molecular weight is 238 g/mol. The SMILES string of the molecule is COc1c(OC)c(OC)c2occc2c1OC. The molecule has 0 amide bonds. The number of furan rings is 1. The Bertz CT molecular complexity index is 483. The van der Waals surface area contributed by atoms with Crippen LogP contribution in [0, 0.1) is 0 Å². The molecule has 0 atom stereocenters. The lowest BCUT2D eigenvalue weighted by molar-refractivity contribution is 0.307. The molecule has 0 aliphatic heterocycles. The molecule has 0 unspecified atom stereocenters. The largest absolute Gasteiger partial charge is 0.492 e. The minimum Gasteiger partial charge on any atom is -0.492 e. The quantitative estimate of drug-likeness (QED) is 0.818. The molecular formula is C12H14O5. The summed E-state index contributed by atoms with van der Waals surface area (Å²) in [6, 6.07) is 1.79. The molecule has 0 saturated heterocycles. The Balaban J connectivity index is 2.89. The third kappa shape index (κ3) is 1.54. The molecule has 0 bridgehead atoms. The van der Waals surface area contributed by atoms with Gasteiger partial charge in [-0.1, -0.05) is 0 Å². The minimum absolute atomic E-state index is 0.453. The van der Waals surface area contributed by atoms with Crippen LogP contribution in [-0.2, 0) is 0 Å².